The highest BCUT2D eigenvalue weighted by atomic mass is 28.4. The second-order valence-corrected chi connectivity index (χ2v) is 16.2. The number of aliphatic hydroxyl groups is 1. The summed E-state index contributed by atoms with van der Waals surface area (Å²) in [6.45, 7) is 20.8. The van der Waals surface area contributed by atoms with Gasteiger partial charge in [0.15, 0.2) is 0 Å². The van der Waals surface area contributed by atoms with Gasteiger partial charge >= 0.3 is 0 Å². The van der Waals surface area contributed by atoms with Crippen molar-refractivity contribution in [2.75, 3.05) is 6.61 Å². The summed E-state index contributed by atoms with van der Waals surface area (Å²) in [5.74, 6) is 2.23. The number of benzene rings is 1. The Kier molecular flexibility index (Phi) is 8.71. The predicted molar refractivity (Wildman–Crippen MR) is 135 cm³/mol. The minimum Gasteiger partial charge on any atom is -0.543 e. The summed E-state index contributed by atoms with van der Waals surface area (Å²) in [6.07, 6.45) is 10.3. The Bertz CT molecular complexity index is 748. The predicted octanol–water partition coefficient (Wildman–Crippen LogP) is 7.80. The molecule has 0 amide bonds. The quantitative estimate of drug-likeness (QED) is 0.293. The second-order valence-electron chi connectivity index (χ2n) is 11.5. The lowest BCUT2D eigenvalue weighted by Crippen LogP contribution is -2.44. The zero-order valence-corrected chi connectivity index (χ0v) is 22.8. The van der Waals surface area contributed by atoms with Crippen molar-refractivity contribution in [1.82, 2.24) is 0 Å². The van der Waals surface area contributed by atoms with Crippen molar-refractivity contribution in [2.24, 2.45) is 0 Å². The van der Waals surface area contributed by atoms with E-state index >= 15 is 0 Å². The van der Waals surface area contributed by atoms with Crippen molar-refractivity contribution in [1.29, 1.82) is 0 Å². The number of rotatable bonds is 10. The Morgan fingerprint density at radius 3 is 2.10 bits per heavy atom. The van der Waals surface area contributed by atoms with Crippen molar-refractivity contribution in [3.8, 4) is 11.5 Å². The van der Waals surface area contributed by atoms with Crippen molar-refractivity contribution in [3.63, 3.8) is 0 Å². The van der Waals surface area contributed by atoms with Gasteiger partial charge in [-0.3, -0.25) is 0 Å². The van der Waals surface area contributed by atoms with E-state index in [0.29, 0.717) is 6.61 Å². The van der Waals surface area contributed by atoms with E-state index in [1.54, 1.807) is 0 Å². The first-order chi connectivity index (χ1) is 14.3. The molecule has 0 bridgehead atoms. The zero-order valence-electron chi connectivity index (χ0n) is 21.8. The summed E-state index contributed by atoms with van der Waals surface area (Å²) in [6, 6.07) is 0. The van der Waals surface area contributed by atoms with Crippen LogP contribution >= 0.6 is 0 Å². The van der Waals surface area contributed by atoms with Crippen LogP contribution < -0.4 is 9.16 Å². The SMILES string of the molecule is Cc1c(C)c2c(c(C)c1O[Si](C)(C)C(C)(C)C)CC[C@@](C)(CCCCCCCCO)O2. The smallest absolute Gasteiger partial charge is 0.250 e. The summed E-state index contributed by atoms with van der Waals surface area (Å²) in [7, 11) is -1.89. The van der Waals surface area contributed by atoms with Crippen molar-refractivity contribution in [2.45, 2.75) is 130 Å². The van der Waals surface area contributed by atoms with Gasteiger partial charge in [-0.25, -0.2) is 0 Å². The van der Waals surface area contributed by atoms with Crippen LogP contribution in [-0.2, 0) is 6.42 Å². The van der Waals surface area contributed by atoms with E-state index in [1.807, 2.05) is 0 Å². The average Bonchev–Trinajstić information content (AvgIpc) is 2.68. The standard InChI is InChI=1S/C27H48O3Si/c1-20-21(2)25-23(22(3)24(20)30-31(8,9)26(4,5)6)16-18-27(7,29-25)17-14-12-10-11-13-15-19-28/h28H,10-19H2,1-9H3/t27-/m1/s1. The molecule has 1 N–H and O–H groups in total. The first-order valence-electron chi connectivity index (χ1n) is 12.4. The molecule has 0 saturated carbocycles. The number of hydrogen-bond donors (Lipinski definition) is 1. The highest BCUT2D eigenvalue weighted by Gasteiger charge is 2.41. The molecule has 178 valence electrons. The number of aliphatic hydroxyl groups excluding tert-OH is 1. The molecule has 1 aromatic rings. The molecule has 0 unspecified atom stereocenters. The van der Waals surface area contributed by atoms with Crippen LogP contribution in [0, 0.1) is 20.8 Å². The molecule has 1 atom stereocenters. The summed E-state index contributed by atoms with van der Waals surface area (Å²) >= 11 is 0. The van der Waals surface area contributed by atoms with Crippen molar-refractivity contribution in [3.05, 3.63) is 22.3 Å². The molecule has 0 radical (unpaired) electrons. The topological polar surface area (TPSA) is 38.7 Å². The van der Waals surface area contributed by atoms with Gasteiger partial charge in [-0.2, -0.15) is 0 Å². The van der Waals surface area contributed by atoms with Crippen LogP contribution in [0.1, 0.15) is 101 Å². The fourth-order valence-corrected chi connectivity index (χ4v) is 5.46. The van der Waals surface area contributed by atoms with Crippen LogP contribution in [0.5, 0.6) is 11.5 Å². The van der Waals surface area contributed by atoms with Gasteiger partial charge in [0.25, 0.3) is 8.32 Å². The second kappa shape index (κ2) is 10.3. The molecule has 0 aromatic heterocycles. The fraction of sp³-hybridized carbons (Fsp3) is 0.778. The molecule has 0 saturated heterocycles. The van der Waals surface area contributed by atoms with E-state index in [-0.39, 0.29) is 10.6 Å². The van der Waals surface area contributed by atoms with Gasteiger partial charge in [0, 0.05) is 12.2 Å². The Morgan fingerprint density at radius 1 is 0.935 bits per heavy atom. The summed E-state index contributed by atoms with van der Waals surface area (Å²) in [5, 5.41) is 9.08. The van der Waals surface area contributed by atoms with E-state index in [4.69, 9.17) is 14.3 Å². The van der Waals surface area contributed by atoms with Crippen LogP contribution in [0.4, 0.5) is 0 Å². The van der Waals surface area contributed by atoms with Crippen molar-refractivity contribution < 1.29 is 14.3 Å². The molecule has 1 aliphatic heterocycles. The first kappa shape index (κ1) is 26.3. The highest BCUT2D eigenvalue weighted by Crippen LogP contribution is 2.47. The summed E-state index contributed by atoms with van der Waals surface area (Å²) in [4.78, 5) is 0. The van der Waals surface area contributed by atoms with Crippen LogP contribution in [0.15, 0.2) is 0 Å². The van der Waals surface area contributed by atoms with Gasteiger partial charge in [-0.1, -0.05) is 46.5 Å². The number of hydrogen-bond acceptors (Lipinski definition) is 3. The molecule has 31 heavy (non-hydrogen) atoms. The van der Waals surface area contributed by atoms with Gasteiger partial charge < -0.3 is 14.3 Å². The van der Waals surface area contributed by atoms with E-state index < -0.39 is 8.32 Å². The van der Waals surface area contributed by atoms with Crippen LogP contribution in [0.3, 0.4) is 0 Å². The molecule has 1 aliphatic rings. The maximum atomic E-state index is 8.90. The monoisotopic (exact) mass is 448 g/mol. The minimum atomic E-state index is -1.89. The third kappa shape index (κ3) is 6.28. The number of unbranched alkanes of at least 4 members (excludes halogenated alkanes) is 5. The lowest BCUT2D eigenvalue weighted by molar-refractivity contribution is 0.0522. The maximum absolute atomic E-state index is 8.90. The summed E-state index contributed by atoms with van der Waals surface area (Å²) < 4.78 is 13.5. The molecule has 2 rings (SSSR count). The third-order valence-electron chi connectivity index (χ3n) is 7.84. The highest BCUT2D eigenvalue weighted by molar-refractivity contribution is 6.74. The molecule has 0 spiro atoms. The van der Waals surface area contributed by atoms with E-state index in [2.05, 4.69) is 61.6 Å². The molecule has 0 fully saturated rings. The van der Waals surface area contributed by atoms with Gasteiger partial charge in [0.2, 0.25) is 0 Å². The van der Waals surface area contributed by atoms with Gasteiger partial charge in [0.1, 0.15) is 17.1 Å². The fourth-order valence-electron chi connectivity index (χ4n) is 4.34. The third-order valence-corrected chi connectivity index (χ3v) is 12.2. The molecule has 1 heterocycles. The Hall–Kier alpha value is -1.00. The lowest BCUT2D eigenvalue weighted by Gasteiger charge is -2.41. The molecule has 0 aliphatic carbocycles. The van der Waals surface area contributed by atoms with E-state index in [1.165, 1.54) is 47.9 Å². The number of fused-ring (bicyclic) bond motifs is 1. The summed E-state index contributed by atoms with van der Waals surface area (Å²) in [5.41, 5.74) is 5.08. The Labute approximate surface area is 193 Å². The molecular weight excluding hydrogens is 400 g/mol. The minimum absolute atomic E-state index is 0.0659. The Balaban J connectivity index is 2.13. The first-order valence-corrected chi connectivity index (χ1v) is 15.4. The van der Waals surface area contributed by atoms with Gasteiger partial charge in [-0.15, -0.1) is 0 Å². The largest absolute Gasteiger partial charge is 0.543 e. The maximum Gasteiger partial charge on any atom is 0.250 e. The molecule has 3 nitrogen and oxygen atoms in total. The zero-order chi connectivity index (χ0) is 23.4. The van der Waals surface area contributed by atoms with Crippen LogP contribution in [0.25, 0.3) is 0 Å². The van der Waals surface area contributed by atoms with Gasteiger partial charge in [-0.05, 0) is 94.6 Å². The normalized spacial score (nSPS) is 19.2. The van der Waals surface area contributed by atoms with Gasteiger partial charge in [0.05, 0.1) is 0 Å². The van der Waals surface area contributed by atoms with E-state index in [0.717, 1.165) is 43.6 Å². The average molecular weight is 449 g/mol. The molecule has 4 heteroatoms. The van der Waals surface area contributed by atoms with E-state index in [9.17, 15) is 0 Å². The molecule has 1 aromatic carbocycles. The molecular formula is C27H48O3Si. The number of ether oxygens (including phenoxy) is 1. The van der Waals surface area contributed by atoms with Crippen LogP contribution in [-0.4, -0.2) is 25.6 Å². The van der Waals surface area contributed by atoms with Crippen molar-refractivity contribution >= 4 is 8.32 Å². The lowest BCUT2D eigenvalue weighted by atomic mass is 9.84. The Morgan fingerprint density at radius 2 is 1.52 bits per heavy atom. The van der Waals surface area contributed by atoms with Crippen LogP contribution in [0.2, 0.25) is 18.1 Å².